The standard InChI is InChI=1S/C22H19F3N4O8/c1-35-20(33)15(10-16(30)36-37-21(34)22(23,24)25)29-19(32)13-3-2-4-14(9-13)28-18(31)12-7-5-11(6-8-12)17(26)27/h2-9,15H,10H2,1H3,(H3,26,27)(H,28,31)(H,29,32)/t15-/m0/s1. The molecule has 15 heteroatoms. The largest absolute Gasteiger partial charge is 0.495 e. The van der Waals surface area contributed by atoms with Crippen LogP contribution in [0.25, 0.3) is 0 Å². The summed E-state index contributed by atoms with van der Waals surface area (Å²) in [7, 11) is 0.926. The minimum absolute atomic E-state index is 0.0736. The minimum Gasteiger partial charge on any atom is -0.467 e. The highest BCUT2D eigenvalue weighted by Crippen LogP contribution is 2.17. The number of anilines is 1. The predicted octanol–water partition coefficient (Wildman–Crippen LogP) is 1.45. The van der Waals surface area contributed by atoms with Crippen molar-refractivity contribution < 1.29 is 51.7 Å². The number of halogens is 3. The third kappa shape index (κ3) is 8.34. The zero-order valence-electron chi connectivity index (χ0n) is 18.9. The van der Waals surface area contributed by atoms with Gasteiger partial charge in [-0.05, 0) is 30.3 Å². The average molecular weight is 524 g/mol. The maximum atomic E-state index is 12.6. The molecule has 0 aromatic heterocycles. The maximum absolute atomic E-state index is 12.6. The van der Waals surface area contributed by atoms with Gasteiger partial charge in [0.2, 0.25) is 0 Å². The number of esters is 1. The van der Waals surface area contributed by atoms with Crippen LogP contribution in [0.4, 0.5) is 18.9 Å². The Kier molecular flexibility index (Phi) is 9.28. The van der Waals surface area contributed by atoms with E-state index in [0.717, 1.165) is 7.11 Å². The molecule has 37 heavy (non-hydrogen) atoms. The summed E-state index contributed by atoms with van der Waals surface area (Å²) in [5.74, 6) is -7.16. The number of methoxy groups -OCH3 is 1. The van der Waals surface area contributed by atoms with E-state index in [1.54, 1.807) is 0 Å². The molecule has 0 heterocycles. The lowest BCUT2D eigenvalue weighted by molar-refractivity contribution is -0.286. The zero-order chi connectivity index (χ0) is 27.8. The number of carbonyl (C=O) groups excluding carboxylic acids is 5. The molecule has 5 N–H and O–H groups in total. The van der Waals surface area contributed by atoms with Crippen molar-refractivity contribution in [1.82, 2.24) is 5.32 Å². The molecule has 0 saturated heterocycles. The molecule has 0 unspecified atom stereocenters. The van der Waals surface area contributed by atoms with Gasteiger partial charge in [-0.25, -0.2) is 24.2 Å². The molecule has 196 valence electrons. The van der Waals surface area contributed by atoms with Crippen LogP contribution in [0.15, 0.2) is 48.5 Å². The van der Waals surface area contributed by atoms with Gasteiger partial charge in [-0.1, -0.05) is 18.2 Å². The number of ether oxygens (including phenoxy) is 1. The van der Waals surface area contributed by atoms with Crippen LogP contribution in [0.3, 0.4) is 0 Å². The summed E-state index contributed by atoms with van der Waals surface area (Å²) in [6.07, 6.45) is -6.45. The molecule has 2 aromatic carbocycles. The lowest BCUT2D eigenvalue weighted by atomic mass is 10.1. The highest BCUT2D eigenvalue weighted by atomic mass is 19.4. The Bertz CT molecular complexity index is 1220. The molecule has 0 radical (unpaired) electrons. The Morgan fingerprint density at radius 1 is 0.946 bits per heavy atom. The summed E-state index contributed by atoms with van der Waals surface area (Å²) in [4.78, 5) is 66.4. The Hall–Kier alpha value is -4.95. The van der Waals surface area contributed by atoms with E-state index in [9.17, 15) is 37.1 Å². The van der Waals surface area contributed by atoms with E-state index in [-0.39, 0.29) is 22.6 Å². The van der Waals surface area contributed by atoms with Crippen LogP contribution < -0.4 is 16.4 Å². The Morgan fingerprint density at radius 3 is 2.14 bits per heavy atom. The third-order valence-electron chi connectivity index (χ3n) is 4.44. The van der Waals surface area contributed by atoms with Crippen LogP contribution in [-0.2, 0) is 28.9 Å². The molecule has 0 aliphatic rings. The van der Waals surface area contributed by atoms with Gasteiger partial charge in [0, 0.05) is 22.4 Å². The van der Waals surface area contributed by atoms with Gasteiger partial charge >= 0.3 is 24.1 Å². The van der Waals surface area contributed by atoms with Crippen LogP contribution in [0, 0.1) is 5.41 Å². The molecule has 2 aromatic rings. The quantitative estimate of drug-likeness (QED) is 0.130. The van der Waals surface area contributed by atoms with Crippen molar-refractivity contribution in [1.29, 1.82) is 5.41 Å². The number of benzene rings is 2. The van der Waals surface area contributed by atoms with E-state index in [1.807, 2.05) is 0 Å². The third-order valence-corrected chi connectivity index (χ3v) is 4.44. The number of carbonyl (C=O) groups is 5. The Labute approximate surface area is 206 Å². The van der Waals surface area contributed by atoms with Gasteiger partial charge in [0.05, 0.1) is 13.5 Å². The molecular weight excluding hydrogens is 505 g/mol. The summed E-state index contributed by atoms with van der Waals surface area (Å²) in [5, 5.41) is 12.1. The number of amides is 2. The van der Waals surface area contributed by atoms with E-state index in [4.69, 9.17) is 11.1 Å². The SMILES string of the molecule is COC(=O)[C@H](CC(=O)OOC(=O)C(F)(F)F)NC(=O)c1cccc(NC(=O)c2ccc(C(=N)N)cc2)c1. The smallest absolute Gasteiger partial charge is 0.467 e. The molecule has 0 saturated carbocycles. The number of hydrogen-bond donors (Lipinski definition) is 4. The fourth-order valence-electron chi connectivity index (χ4n) is 2.65. The normalized spacial score (nSPS) is 11.5. The highest BCUT2D eigenvalue weighted by molar-refractivity contribution is 6.06. The predicted molar refractivity (Wildman–Crippen MR) is 118 cm³/mol. The van der Waals surface area contributed by atoms with Crippen LogP contribution in [0.2, 0.25) is 0 Å². The van der Waals surface area contributed by atoms with Gasteiger partial charge in [0.1, 0.15) is 11.9 Å². The molecule has 1 atom stereocenters. The second kappa shape index (κ2) is 12.1. The number of hydrogen-bond acceptors (Lipinski definition) is 9. The van der Waals surface area contributed by atoms with Gasteiger partial charge in [-0.2, -0.15) is 13.2 Å². The maximum Gasteiger partial charge on any atom is 0.495 e. The van der Waals surface area contributed by atoms with Crippen LogP contribution in [0.5, 0.6) is 0 Å². The molecule has 0 spiro atoms. The lowest BCUT2D eigenvalue weighted by Gasteiger charge is -2.16. The van der Waals surface area contributed by atoms with Crippen molar-refractivity contribution in [3.05, 3.63) is 65.2 Å². The number of amidine groups is 1. The van der Waals surface area contributed by atoms with Crippen LogP contribution in [-0.4, -0.2) is 54.9 Å². The number of rotatable bonds is 8. The Balaban J connectivity index is 2.06. The molecule has 12 nitrogen and oxygen atoms in total. The second-order valence-electron chi connectivity index (χ2n) is 7.10. The molecule has 0 aliphatic carbocycles. The number of nitrogen functional groups attached to an aromatic ring is 1. The number of nitrogens with one attached hydrogen (secondary N) is 3. The minimum atomic E-state index is -5.42. The lowest BCUT2D eigenvalue weighted by Crippen LogP contribution is -2.43. The van der Waals surface area contributed by atoms with Gasteiger partial charge in [0.25, 0.3) is 11.8 Å². The number of alkyl halides is 3. The molecule has 2 amide bonds. The van der Waals surface area contributed by atoms with Crippen molar-refractivity contribution in [3.63, 3.8) is 0 Å². The fourth-order valence-corrected chi connectivity index (χ4v) is 2.65. The first kappa shape index (κ1) is 28.3. The van der Waals surface area contributed by atoms with Gasteiger partial charge < -0.3 is 21.1 Å². The van der Waals surface area contributed by atoms with Gasteiger partial charge in [-0.15, -0.1) is 0 Å². The van der Waals surface area contributed by atoms with Crippen molar-refractivity contribution in [2.24, 2.45) is 5.73 Å². The van der Waals surface area contributed by atoms with E-state index in [1.165, 1.54) is 48.5 Å². The van der Waals surface area contributed by atoms with Crippen molar-refractivity contribution in [3.8, 4) is 0 Å². The van der Waals surface area contributed by atoms with E-state index >= 15 is 0 Å². The van der Waals surface area contributed by atoms with E-state index in [0.29, 0.717) is 5.56 Å². The summed E-state index contributed by atoms with van der Waals surface area (Å²) in [6.45, 7) is 0. The monoisotopic (exact) mass is 524 g/mol. The number of nitrogens with two attached hydrogens (primary N) is 1. The molecule has 0 bridgehead atoms. The summed E-state index contributed by atoms with van der Waals surface area (Å²) >= 11 is 0. The molecule has 0 fully saturated rings. The topological polar surface area (TPSA) is 187 Å². The van der Waals surface area contributed by atoms with Gasteiger partial charge in [0.15, 0.2) is 0 Å². The first-order valence-electron chi connectivity index (χ1n) is 10.0. The zero-order valence-corrected chi connectivity index (χ0v) is 18.9. The Morgan fingerprint density at radius 2 is 1.57 bits per heavy atom. The summed E-state index contributed by atoms with van der Waals surface area (Å²) < 4.78 is 40.8. The summed E-state index contributed by atoms with van der Waals surface area (Å²) in [5.41, 5.74) is 6.12. The highest BCUT2D eigenvalue weighted by Gasteiger charge is 2.43. The van der Waals surface area contributed by atoms with Crippen molar-refractivity contribution in [2.75, 3.05) is 12.4 Å². The molecule has 2 rings (SSSR count). The second-order valence-corrected chi connectivity index (χ2v) is 7.10. The molecular formula is C22H19F3N4O8. The molecule has 0 aliphatic heterocycles. The van der Waals surface area contributed by atoms with Crippen molar-refractivity contribution >= 4 is 41.2 Å². The fraction of sp³-hybridized carbons (Fsp3) is 0.182. The van der Waals surface area contributed by atoms with Crippen LogP contribution >= 0.6 is 0 Å². The van der Waals surface area contributed by atoms with Crippen molar-refractivity contribution in [2.45, 2.75) is 18.6 Å². The van der Waals surface area contributed by atoms with E-state index in [2.05, 4.69) is 25.1 Å². The summed E-state index contributed by atoms with van der Waals surface area (Å²) in [6, 6.07) is 9.53. The van der Waals surface area contributed by atoms with E-state index < -0.39 is 48.4 Å². The first-order chi connectivity index (χ1) is 17.3. The average Bonchev–Trinajstić information content (AvgIpc) is 2.85. The first-order valence-corrected chi connectivity index (χ1v) is 10.0. The van der Waals surface area contributed by atoms with Gasteiger partial charge in [-0.3, -0.25) is 15.0 Å². The van der Waals surface area contributed by atoms with Crippen LogP contribution in [0.1, 0.15) is 32.7 Å².